The highest BCUT2D eigenvalue weighted by atomic mass is 16.4. The third kappa shape index (κ3) is 2.40. The second-order valence-corrected chi connectivity index (χ2v) is 6.89. The molecule has 1 N–H and O–H groups in total. The van der Waals surface area contributed by atoms with Gasteiger partial charge in [-0.3, -0.25) is 14.6 Å². The quantitative estimate of drug-likeness (QED) is 0.828. The second kappa shape index (κ2) is 5.06. The monoisotopic (exact) mass is 266 g/mol. The fourth-order valence-electron chi connectivity index (χ4n) is 4.38. The molecule has 3 heterocycles. The van der Waals surface area contributed by atoms with Gasteiger partial charge in [0.15, 0.2) is 0 Å². The Balaban J connectivity index is 1.70. The first-order chi connectivity index (χ1) is 9.10. The standard InChI is InChI=1S/C15H26N2O2/c1-15(14(18)19)7-4-9-17(11-15)13-6-10-16-8-3-2-5-12(13)16/h12-13H,2-11H2,1H3,(H,18,19). The molecule has 0 saturated carbocycles. The van der Waals surface area contributed by atoms with Crippen LogP contribution in [0.15, 0.2) is 0 Å². The van der Waals surface area contributed by atoms with Gasteiger partial charge < -0.3 is 5.11 Å². The van der Waals surface area contributed by atoms with Crippen LogP contribution in [0.3, 0.4) is 0 Å². The predicted molar refractivity (Wildman–Crippen MR) is 74.2 cm³/mol. The molecule has 3 saturated heterocycles. The molecule has 0 amide bonds. The summed E-state index contributed by atoms with van der Waals surface area (Å²) in [5.74, 6) is -0.615. The molecule has 0 aromatic carbocycles. The Morgan fingerprint density at radius 2 is 1.79 bits per heavy atom. The highest BCUT2D eigenvalue weighted by Gasteiger charge is 2.44. The van der Waals surface area contributed by atoms with Gasteiger partial charge in [0.1, 0.15) is 0 Å². The van der Waals surface area contributed by atoms with E-state index in [1.54, 1.807) is 0 Å². The third-order valence-electron chi connectivity index (χ3n) is 5.53. The minimum absolute atomic E-state index is 0.527. The van der Waals surface area contributed by atoms with E-state index in [9.17, 15) is 9.90 Å². The zero-order chi connectivity index (χ0) is 13.5. The summed E-state index contributed by atoms with van der Waals surface area (Å²) in [4.78, 5) is 16.6. The lowest BCUT2D eigenvalue weighted by atomic mass is 9.81. The lowest BCUT2D eigenvalue weighted by molar-refractivity contribution is -0.152. The molecule has 0 spiro atoms. The number of hydrogen-bond donors (Lipinski definition) is 1. The van der Waals surface area contributed by atoms with Gasteiger partial charge in [-0.25, -0.2) is 0 Å². The van der Waals surface area contributed by atoms with Crippen molar-refractivity contribution in [3.05, 3.63) is 0 Å². The summed E-state index contributed by atoms with van der Waals surface area (Å²) in [6.07, 6.45) is 7.11. The van der Waals surface area contributed by atoms with E-state index in [1.807, 2.05) is 6.92 Å². The summed E-state index contributed by atoms with van der Waals surface area (Å²) in [6.45, 7) is 6.24. The van der Waals surface area contributed by atoms with E-state index in [4.69, 9.17) is 0 Å². The molecule has 4 heteroatoms. The Labute approximate surface area is 115 Å². The van der Waals surface area contributed by atoms with Gasteiger partial charge in [0.05, 0.1) is 5.41 Å². The van der Waals surface area contributed by atoms with E-state index in [1.165, 1.54) is 38.8 Å². The maximum Gasteiger partial charge on any atom is 0.310 e. The normalized spacial score (nSPS) is 41.1. The minimum Gasteiger partial charge on any atom is -0.481 e. The molecular weight excluding hydrogens is 240 g/mol. The molecule has 3 fully saturated rings. The van der Waals surface area contributed by atoms with Gasteiger partial charge in [0, 0.05) is 25.2 Å². The van der Waals surface area contributed by atoms with Crippen molar-refractivity contribution in [2.75, 3.05) is 26.2 Å². The van der Waals surface area contributed by atoms with Gasteiger partial charge in [0.25, 0.3) is 0 Å². The molecule has 0 radical (unpaired) electrons. The molecule has 0 bridgehead atoms. The number of carboxylic acid groups (broad SMARTS) is 1. The van der Waals surface area contributed by atoms with Gasteiger partial charge in [-0.1, -0.05) is 6.42 Å². The first-order valence-electron chi connectivity index (χ1n) is 7.82. The van der Waals surface area contributed by atoms with Gasteiger partial charge >= 0.3 is 5.97 Å². The number of rotatable bonds is 2. The number of aliphatic carboxylic acids is 1. The summed E-state index contributed by atoms with van der Waals surface area (Å²) in [5.41, 5.74) is -0.527. The highest BCUT2D eigenvalue weighted by Crippen LogP contribution is 2.36. The van der Waals surface area contributed by atoms with E-state index < -0.39 is 11.4 Å². The molecule has 3 rings (SSSR count). The molecule has 4 nitrogen and oxygen atoms in total. The first kappa shape index (κ1) is 13.4. The van der Waals surface area contributed by atoms with Crippen LogP contribution in [0.5, 0.6) is 0 Å². The topological polar surface area (TPSA) is 43.8 Å². The fraction of sp³-hybridized carbons (Fsp3) is 0.933. The number of hydrogen-bond acceptors (Lipinski definition) is 3. The lowest BCUT2D eigenvalue weighted by Crippen LogP contribution is -2.54. The van der Waals surface area contributed by atoms with E-state index >= 15 is 0 Å². The molecule has 3 aliphatic rings. The van der Waals surface area contributed by atoms with Crippen LogP contribution in [-0.4, -0.2) is 59.1 Å². The van der Waals surface area contributed by atoms with Crippen LogP contribution < -0.4 is 0 Å². The number of nitrogens with zero attached hydrogens (tertiary/aromatic N) is 2. The van der Waals surface area contributed by atoms with Crippen molar-refractivity contribution in [1.82, 2.24) is 9.80 Å². The largest absolute Gasteiger partial charge is 0.481 e. The molecule has 0 aliphatic carbocycles. The van der Waals surface area contributed by atoms with Crippen molar-refractivity contribution in [3.63, 3.8) is 0 Å². The van der Waals surface area contributed by atoms with Crippen LogP contribution in [0.2, 0.25) is 0 Å². The van der Waals surface area contributed by atoms with Gasteiger partial charge in [-0.15, -0.1) is 0 Å². The number of carboxylic acids is 1. The van der Waals surface area contributed by atoms with Gasteiger partial charge in [-0.2, -0.15) is 0 Å². The van der Waals surface area contributed by atoms with E-state index in [0.29, 0.717) is 12.1 Å². The summed E-state index contributed by atoms with van der Waals surface area (Å²) in [6, 6.07) is 1.31. The van der Waals surface area contributed by atoms with Crippen molar-refractivity contribution in [3.8, 4) is 0 Å². The van der Waals surface area contributed by atoms with Crippen LogP contribution in [-0.2, 0) is 4.79 Å². The van der Waals surface area contributed by atoms with Gasteiger partial charge in [-0.05, 0) is 52.1 Å². The fourth-order valence-corrected chi connectivity index (χ4v) is 4.38. The van der Waals surface area contributed by atoms with Crippen molar-refractivity contribution in [1.29, 1.82) is 0 Å². The zero-order valence-electron chi connectivity index (χ0n) is 12.0. The third-order valence-corrected chi connectivity index (χ3v) is 5.53. The van der Waals surface area contributed by atoms with Gasteiger partial charge in [0.2, 0.25) is 0 Å². The lowest BCUT2D eigenvalue weighted by Gasteiger charge is -2.44. The van der Waals surface area contributed by atoms with Crippen molar-refractivity contribution in [2.24, 2.45) is 5.41 Å². The summed E-state index contributed by atoms with van der Waals surface area (Å²) < 4.78 is 0. The first-order valence-corrected chi connectivity index (χ1v) is 7.82. The molecule has 0 aromatic rings. The van der Waals surface area contributed by atoms with Crippen molar-refractivity contribution < 1.29 is 9.90 Å². The van der Waals surface area contributed by atoms with Crippen LogP contribution in [0.4, 0.5) is 0 Å². The summed E-state index contributed by atoms with van der Waals surface area (Å²) in [5, 5.41) is 9.45. The number of carbonyl (C=O) groups is 1. The molecular formula is C15H26N2O2. The molecule has 108 valence electrons. The molecule has 19 heavy (non-hydrogen) atoms. The minimum atomic E-state index is -0.615. The molecule has 3 unspecified atom stereocenters. The Bertz CT molecular complexity index is 360. The Morgan fingerprint density at radius 1 is 1.05 bits per heavy atom. The average Bonchev–Trinajstić information content (AvgIpc) is 2.82. The maximum atomic E-state index is 11.5. The predicted octanol–water partition coefficient (Wildman–Crippen LogP) is 1.80. The molecule has 3 aliphatic heterocycles. The van der Waals surface area contributed by atoms with Crippen molar-refractivity contribution in [2.45, 2.75) is 57.5 Å². The Morgan fingerprint density at radius 3 is 2.58 bits per heavy atom. The van der Waals surface area contributed by atoms with Crippen molar-refractivity contribution >= 4 is 5.97 Å². The average molecular weight is 266 g/mol. The number of piperidine rings is 2. The molecule has 0 aromatic heterocycles. The van der Waals surface area contributed by atoms with E-state index in [0.717, 1.165) is 25.9 Å². The van der Waals surface area contributed by atoms with Crippen LogP contribution in [0, 0.1) is 5.41 Å². The molecule has 3 atom stereocenters. The second-order valence-electron chi connectivity index (χ2n) is 6.89. The van der Waals surface area contributed by atoms with Crippen LogP contribution in [0.25, 0.3) is 0 Å². The Kier molecular flexibility index (Phi) is 3.56. The van der Waals surface area contributed by atoms with E-state index in [-0.39, 0.29) is 0 Å². The smallest absolute Gasteiger partial charge is 0.310 e. The summed E-state index contributed by atoms with van der Waals surface area (Å²) in [7, 11) is 0. The van der Waals surface area contributed by atoms with Crippen LogP contribution >= 0.6 is 0 Å². The zero-order valence-corrected chi connectivity index (χ0v) is 12.0. The van der Waals surface area contributed by atoms with Crippen LogP contribution in [0.1, 0.15) is 45.4 Å². The Hall–Kier alpha value is -0.610. The highest BCUT2D eigenvalue weighted by molar-refractivity contribution is 5.74. The SMILES string of the molecule is CC1(C(=O)O)CCCN(C2CCN3CCCCC23)C1. The summed E-state index contributed by atoms with van der Waals surface area (Å²) >= 11 is 0. The number of fused-ring (bicyclic) bond motifs is 1. The maximum absolute atomic E-state index is 11.5. The number of likely N-dealkylation sites (tertiary alicyclic amines) is 1. The van der Waals surface area contributed by atoms with E-state index in [2.05, 4.69) is 9.80 Å².